The van der Waals surface area contributed by atoms with E-state index in [1.165, 1.54) is 6.92 Å². The van der Waals surface area contributed by atoms with E-state index in [-0.39, 0.29) is 45.5 Å². The third-order valence-corrected chi connectivity index (χ3v) is 8.89. The van der Waals surface area contributed by atoms with Crippen molar-refractivity contribution in [2.24, 2.45) is 0 Å². The highest BCUT2D eigenvalue weighted by molar-refractivity contribution is 7.17. The topological polar surface area (TPSA) is 107 Å². The second kappa shape index (κ2) is 10.6. The number of thiazole rings is 1. The number of aliphatic hydroxyl groups is 1. The zero-order valence-corrected chi connectivity index (χ0v) is 21.8. The van der Waals surface area contributed by atoms with Crippen LogP contribution in [0.3, 0.4) is 0 Å². The smallest absolute Gasteiger partial charge is 0.391 e. The number of halogens is 5. The van der Waals surface area contributed by atoms with Crippen LogP contribution in [0.4, 0.5) is 27.8 Å². The second-order valence-corrected chi connectivity index (χ2v) is 11.2. The summed E-state index contributed by atoms with van der Waals surface area (Å²) in [7, 11) is 0. The molecule has 2 saturated heterocycles. The normalized spacial score (nSPS) is 25.1. The van der Waals surface area contributed by atoms with Crippen LogP contribution in [-0.2, 0) is 0 Å². The molecule has 5 rings (SSSR count). The first-order valence-corrected chi connectivity index (χ1v) is 13.7. The van der Waals surface area contributed by atoms with Gasteiger partial charge in [0.1, 0.15) is 17.6 Å². The zero-order valence-electron chi connectivity index (χ0n) is 21.0. The minimum absolute atomic E-state index is 0.00261. The maximum Gasteiger partial charge on any atom is 0.408 e. The van der Waals surface area contributed by atoms with E-state index in [0.29, 0.717) is 12.8 Å². The number of carbonyl (C=O) groups is 2. The molecular formula is C25H28F5N5O3S. The molecule has 2 aliphatic heterocycles. The minimum Gasteiger partial charge on any atom is -0.391 e. The number of carbonyl (C=O) groups excluding carboxylic acids is 2. The Morgan fingerprint density at radius 3 is 2.33 bits per heavy atom. The number of pyridine rings is 1. The Morgan fingerprint density at radius 1 is 1.15 bits per heavy atom. The fraction of sp³-hybridized carbons (Fsp3) is 0.600. The van der Waals surface area contributed by atoms with Gasteiger partial charge in [-0.2, -0.15) is 13.2 Å². The van der Waals surface area contributed by atoms with E-state index in [1.807, 2.05) is 0 Å². The summed E-state index contributed by atoms with van der Waals surface area (Å²) in [6.45, 7) is 1.31. The summed E-state index contributed by atoms with van der Waals surface area (Å²) in [5.74, 6) is -1.50. The van der Waals surface area contributed by atoms with Gasteiger partial charge in [-0.1, -0.05) is 6.92 Å². The van der Waals surface area contributed by atoms with Gasteiger partial charge >= 0.3 is 6.18 Å². The standard InChI is InChI=1S/C25H28F5N5O3S/c1-2-17(25(28,29)30)33-18-9-13(21(26)27)14(10-31-18)20-19(24(38)35-11-3-4-12(35)6-5-11)34-23(39-20)22(37)32-15-7-8-16(15)36/h9-12,15-17,21,36H,2-8H2,1H3,(H,31,33)(H,32,37)/t11-,12+,15-,16-,17+/m1/s1. The highest BCUT2D eigenvalue weighted by atomic mass is 32.1. The van der Waals surface area contributed by atoms with Gasteiger partial charge in [-0.3, -0.25) is 9.59 Å². The van der Waals surface area contributed by atoms with Gasteiger partial charge in [-0.05, 0) is 51.0 Å². The molecule has 3 atom stereocenters. The van der Waals surface area contributed by atoms with E-state index in [2.05, 4.69) is 20.6 Å². The molecule has 2 amide bonds. The number of nitrogens with zero attached hydrogens (tertiary/aromatic N) is 3. The highest BCUT2D eigenvalue weighted by Crippen LogP contribution is 2.42. The van der Waals surface area contributed by atoms with Gasteiger partial charge in [0.15, 0.2) is 5.01 Å². The molecule has 0 unspecified atom stereocenters. The molecule has 39 heavy (non-hydrogen) atoms. The van der Waals surface area contributed by atoms with Crippen molar-refractivity contribution in [1.82, 2.24) is 20.2 Å². The number of rotatable bonds is 8. The summed E-state index contributed by atoms with van der Waals surface area (Å²) >= 11 is 0.743. The number of alkyl halides is 5. The van der Waals surface area contributed by atoms with E-state index in [0.717, 1.165) is 49.3 Å². The number of fused-ring (bicyclic) bond motifs is 2. The van der Waals surface area contributed by atoms with Crippen molar-refractivity contribution < 1.29 is 36.6 Å². The first kappa shape index (κ1) is 27.7. The van der Waals surface area contributed by atoms with Crippen LogP contribution in [0.2, 0.25) is 0 Å². The summed E-state index contributed by atoms with van der Waals surface area (Å²) in [4.78, 5) is 36.5. The summed E-state index contributed by atoms with van der Waals surface area (Å²) in [6, 6.07) is -1.60. The molecule has 8 nitrogen and oxygen atoms in total. The number of nitrogens with one attached hydrogen (secondary N) is 2. The van der Waals surface area contributed by atoms with Crippen molar-refractivity contribution in [2.75, 3.05) is 5.32 Å². The molecule has 0 spiro atoms. The van der Waals surface area contributed by atoms with Crippen molar-refractivity contribution in [3.05, 3.63) is 28.5 Å². The molecule has 0 aromatic carbocycles. The lowest BCUT2D eigenvalue weighted by atomic mass is 9.89. The molecule has 2 aromatic heterocycles. The van der Waals surface area contributed by atoms with Gasteiger partial charge in [0, 0.05) is 29.4 Å². The number of hydrogen-bond acceptors (Lipinski definition) is 7. The van der Waals surface area contributed by atoms with Crippen LogP contribution in [0.15, 0.2) is 12.3 Å². The lowest BCUT2D eigenvalue weighted by Crippen LogP contribution is -2.50. The van der Waals surface area contributed by atoms with Crippen molar-refractivity contribution in [2.45, 2.75) is 94.7 Å². The molecule has 212 valence electrons. The Hall–Kier alpha value is -2.87. The quantitative estimate of drug-likeness (QED) is 0.388. The third-order valence-electron chi connectivity index (χ3n) is 7.81. The largest absolute Gasteiger partial charge is 0.408 e. The number of hydrogen-bond donors (Lipinski definition) is 3. The summed E-state index contributed by atoms with van der Waals surface area (Å²) in [6.07, 6.45) is -3.36. The van der Waals surface area contributed by atoms with Crippen LogP contribution in [0.5, 0.6) is 0 Å². The lowest BCUT2D eigenvalue weighted by Gasteiger charge is -2.32. The maximum atomic E-state index is 14.3. The summed E-state index contributed by atoms with van der Waals surface area (Å²) in [5, 5.41) is 14.5. The molecule has 0 radical (unpaired) electrons. The molecule has 14 heteroatoms. The monoisotopic (exact) mass is 573 g/mol. The number of aromatic nitrogens is 2. The molecule has 2 bridgehead atoms. The van der Waals surface area contributed by atoms with Crippen LogP contribution in [0.1, 0.15) is 84.1 Å². The predicted molar refractivity (Wildman–Crippen MR) is 133 cm³/mol. The van der Waals surface area contributed by atoms with Gasteiger partial charge in [0.05, 0.1) is 17.0 Å². The van der Waals surface area contributed by atoms with Crippen LogP contribution in [-0.4, -0.2) is 68.2 Å². The van der Waals surface area contributed by atoms with E-state index in [9.17, 15) is 36.6 Å². The van der Waals surface area contributed by atoms with Crippen molar-refractivity contribution in [1.29, 1.82) is 0 Å². The van der Waals surface area contributed by atoms with E-state index in [1.54, 1.807) is 4.90 Å². The zero-order chi connectivity index (χ0) is 28.1. The lowest BCUT2D eigenvalue weighted by molar-refractivity contribution is -0.142. The van der Waals surface area contributed by atoms with Gasteiger partial charge in [-0.15, -0.1) is 11.3 Å². The Morgan fingerprint density at radius 2 is 1.82 bits per heavy atom. The third kappa shape index (κ3) is 5.32. The predicted octanol–water partition coefficient (Wildman–Crippen LogP) is 4.92. The van der Waals surface area contributed by atoms with Crippen LogP contribution < -0.4 is 10.6 Å². The Kier molecular flexibility index (Phi) is 7.53. The molecule has 3 N–H and O–H groups in total. The van der Waals surface area contributed by atoms with Gasteiger partial charge < -0.3 is 20.6 Å². The van der Waals surface area contributed by atoms with Gasteiger partial charge in [0.25, 0.3) is 18.2 Å². The van der Waals surface area contributed by atoms with Gasteiger partial charge in [0.2, 0.25) is 0 Å². The SMILES string of the molecule is CC[C@H](Nc1cc(C(F)F)c(-c2sc(C(=O)N[C@@H]3CC[C@H]3O)nc2C(=O)N2[C@H]3CC[C@@H]2CC3)cn1)C(F)(F)F. The number of aliphatic hydroxyl groups excluding tert-OH is 1. The van der Waals surface area contributed by atoms with E-state index in [4.69, 9.17) is 0 Å². The second-order valence-electron chi connectivity index (χ2n) is 10.2. The van der Waals surface area contributed by atoms with Crippen LogP contribution in [0, 0.1) is 0 Å². The van der Waals surface area contributed by atoms with Crippen molar-refractivity contribution >= 4 is 29.0 Å². The Balaban J connectivity index is 1.53. The van der Waals surface area contributed by atoms with Crippen LogP contribution >= 0.6 is 11.3 Å². The number of amides is 2. The average molecular weight is 574 g/mol. The Labute approximate surface area is 225 Å². The molecule has 2 aromatic rings. The first-order valence-electron chi connectivity index (χ1n) is 12.9. The Bertz CT molecular complexity index is 1240. The average Bonchev–Trinajstić information content (AvgIpc) is 3.63. The number of anilines is 1. The first-order chi connectivity index (χ1) is 18.5. The maximum absolute atomic E-state index is 14.3. The van der Waals surface area contributed by atoms with E-state index < -0.39 is 48.2 Å². The molecule has 3 aliphatic rings. The molecule has 1 saturated carbocycles. The highest BCUT2D eigenvalue weighted by Gasteiger charge is 2.44. The fourth-order valence-electron chi connectivity index (χ4n) is 5.51. The minimum atomic E-state index is -4.61. The molecule has 3 fully saturated rings. The van der Waals surface area contributed by atoms with Crippen molar-refractivity contribution in [3.63, 3.8) is 0 Å². The van der Waals surface area contributed by atoms with Crippen molar-refractivity contribution in [3.8, 4) is 10.4 Å². The molecular weight excluding hydrogens is 545 g/mol. The summed E-state index contributed by atoms with van der Waals surface area (Å²) < 4.78 is 68.3. The molecule has 4 heterocycles. The van der Waals surface area contributed by atoms with Gasteiger partial charge in [-0.25, -0.2) is 18.7 Å². The fourth-order valence-corrected chi connectivity index (χ4v) is 6.50. The summed E-state index contributed by atoms with van der Waals surface area (Å²) in [5.41, 5.74) is -0.969. The molecule has 1 aliphatic carbocycles. The van der Waals surface area contributed by atoms with Crippen LogP contribution in [0.25, 0.3) is 10.4 Å². The van der Waals surface area contributed by atoms with E-state index >= 15 is 0 Å².